The zero-order valence-corrected chi connectivity index (χ0v) is 8.82. The SMILES string of the molecule is CCCCc1cc(SC)n(C)n1. The molecular formula is C9H16N2S. The van der Waals surface area contributed by atoms with Gasteiger partial charge in [-0.1, -0.05) is 13.3 Å². The third kappa shape index (κ3) is 2.27. The van der Waals surface area contributed by atoms with Crippen molar-refractivity contribution in [3.05, 3.63) is 11.8 Å². The van der Waals surface area contributed by atoms with E-state index in [9.17, 15) is 0 Å². The molecule has 0 bridgehead atoms. The van der Waals surface area contributed by atoms with Crippen LogP contribution in [0.1, 0.15) is 25.5 Å². The quantitative estimate of drug-likeness (QED) is 0.669. The van der Waals surface area contributed by atoms with Gasteiger partial charge in [-0.25, -0.2) is 0 Å². The molecule has 0 aliphatic carbocycles. The number of aryl methyl sites for hydroxylation is 2. The van der Waals surface area contributed by atoms with Crippen molar-refractivity contribution >= 4 is 11.8 Å². The Morgan fingerprint density at radius 1 is 1.58 bits per heavy atom. The van der Waals surface area contributed by atoms with Crippen LogP contribution in [0.3, 0.4) is 0 Å². The van der Waals surface area contributed by atoms with Crippen LogP contribution in [0, 0.1) is 0 Å². The van der Waals surface area contributed by atoms with Gasteiger partial charge in [0.1, 0.15) is 0 Å². The molecule has 0 amide bonds. The topological polar surface area (TPSA) is 17.8 Å². The van der Waals surface area contributed by atoms with Gasteiger partial charge < -0.3 is 0 Å². The maximum Gasteiger partial charge on any atom is 0.0936 e. The van der Waals surface area contributed by atoms with Crippen LogP contribution in [0.25, 0.3) is 0 Å². The number of thioether (sulfide) groups is 1. The Morgan fingerprint density at radius 2 is 2.33 bits per heavy atom. The van der Waals surface area contributed by atoms with E-state index in [0.29, 0.717) is 0 Å². The summed E-state index contributed by atoms with van der Waals surface area (Å²) in [6.45, 7) is 2.21. The van der Waals surface area contributed by atoms with Crippen LogP contribution in [0.15, 0.2) is 11.1 Å². The molecule has 3 heteroatoms. The second kappa shape index (κ2) is 4.55. The summed E-state index contributed by atoms with van der Waals surface area (Å²) in [6, 6.07) is 2.18. The second-order valence-corrected chi connectivity index (χ2v) is 3.73. The first kappa shape index (κ1) is 9.65. The third-order valence-corrected chi connectivity index (χ3v) is 2.68. The van der Waals surface area contributed by atoms with Gasteiger partial charge in [0.05, 0.1) is 10.7 Å². The van der Waals surface area contributed by atoms with Crippen molar-refractivity contribution in [1.82, 2.24) is 9.78 Å². The predicted octanol–water partition coefficient (Wildman–Crippen LogP) is 2.48. The molecule has 0 saturated heterocycles. The Hall–Kier alpha value is -0.440. The van der Waals surface area contributed by atoms with Crippen molar-refractivity contribution in [3.63, 3.8) is 0 Å². The maximum atomic E-state index is 4.41. The van der Waals surface area contributed by atoms with E-state index in [1.807, 2.05) is 11.7 Å². The standard InChI is InChI=1S/C9H16N2S/c1-4-5-6-8-7-9(12-3)11(2)10-8/h7H,4-6H2,1-3H3. The fourth-order valence-electron chi connectivity index (χ4n) is 1.18. The van der Waals surface area contributed by atoms with E-state index in [0.717, 1.165) is 6.42 Å². The fraction of sp³-hybridized carbons (Fsp3) is 0.667. The van der Waals surface area contributed by atoms with Gasteiger partial charge in [-0.05, 0) is 25.2 Å². The minimum Gasteiger partial charge on any atom is -0.262 e. The molecule has 68 valence electrons. The van der Waals surface area contributed by atoms with Crippen molar-refractivity contribution in [3.8, 4) is 0 Å². The summed E-state index contributed by atoms with van der Waals surface area (Å²) in [5.41, 5.74) is 1.23. The molecule has 0 spiro atoms. The molecule has 0 fully saturated rings. The van der Waals surface area contributed by atoms with Gasteiger partial charge in [-0.2, -0.15) is 5.10 Å². The molecule has 0 aliphatic rings. The molecule has 0 radical (unpaired) electrons. The van der Waals surface area contributed by atoms with Crippen LogP contribution in [-0.4, -0.2) is 16.0 Å². The summed E-state index contributed by atoms with van der Waals surface area (Å²) in [4.78, 5) is 0. The molecule has 1 heterocycles. The third-order valence-electron chi connectivity index (χ3n) is 1.88. The summed E-state index contributed by atoms with van der Waals surface area (Å²) in [5.74, 6) is 0. The molecule has 1 aromatic rings. The fourth-order valence-corrected chi connectivity index (χ4v) is 1.74. The average molecular weight is 184 g/mol. The molecule has 2 nitrogen and oxygen atoms in total. The summed E-state index contributed by atoms with van der Waals surface area (Å²) in [5, 5.41) is 5.67. The first-order valence-electron chi connectivity index (χ1n) is 4.34. The Kier molecular flexibility index (Phi) is 3.66. The van der Waals surface area contributed by atoms with Gasteiger partial charge in [-0.3, -0.25) is 4.68 Å². The van der Waals surface area contributed by atoms with Crippen molar-refractivity contribution < 1.29 is 0 Å². The Balaban J connectivity index is 2.62. The van der Waals surface area contributed by atoms with Crippen LogP contribution in [0.5, 0.6) is 0 Å². The van der Waals surface area contributed by atoms with Gasteiger partial charge in [-0.15, -0.1) is 11.8 Å². The highest BCUT2D eigenvalue weighted by molar-refractivity contribution is 7.98. The number of hydrogen-bond donors (Lipinski definition) is 0. The molecule has 0 unspecified atom stereocenters. The Bertz CT molecular complexity index is 243. The monoisotopic (exact) mass is 184 g/mol. The molecule has 0 atom stereocenters. The van der Waals surface area contributed by atoms with E-state index >= 15 is 0 Å². The van der Waals surface area contributed by atoms with Gasteiger partial charge in [0.2, 0.25) is 0 Å². The minimum absolute atomic E-state index is 1.12. The van der Waals surface area contributed by atoms with Crippen molar-refractivity contribution in [1.29, 1.82) is 0 Å². The smallest absolute Gasteiger partial charge is 0.0936 e. The number of rotatable bonds is 4. The lowest BCUT2D eigenvalue weighted by molar-refractivity contribution is 0.674. The normalized spacial score (nSPS) is 10.6. The van der Waals surface area contributed by atoms with Crippen molar-refractivity contribution in [2.75, 3.05) is 6.26 Å². The first-order chi connectivity index (χ1) is 5.77. The molecule has 0 aromatic carbocycles. The molecule has 1 rings (SSSR count). The number of aromatic nitrogens is 2. The van der Waals surface area contributed by atoms with Crippen molar-refractivity contribution in [2.24, 2.45) is 7.05 Å². The first-order valence-corrected chi connectivity index (χ1v) is 5.57. The predicted molar refractivity (Wildman–Crippen MR) is 53.6 cm³/mol. The average Bonchev–Trinajstić information content (AvgIpc) is 2.43. The highest BCUT2D eigenvalue weighted by Crippen LogP contribution is 2.15. The highest BCUT2D eigenvalue weighted by atomic mass is 32.2. The molecular weight excluding hydrogens is 168 g/mol. The number of nitrogens with zero attached hydrogens (tertiary/aromatic N) is 2. The van der Waals surface area contributed by atoms with E-state index in [1.165, 1.54) is 23.6 Å². The summed E-state index contributed by atoms with van der Waals surface area (Å²) in [7, 11) is 2.00. The van der Waals surface area contributed by atoms with E-state index in [2.05, 4.69) is 24.3 Å². The van der Waals surface area contributed by atoms with E-state index < -0.39 is 0 Å². The lowest BCUT2D eigenvalue weighted by Crippen LogP contribution is -1.93. The van der Waals surface area contributed by atoms with Gasteiger partial charge in [0.25, 0.3) is 0 Å². The largest absolute Gasteiger partial charge is 0.262 e. The zero-order valence-electron chi connectivity index (χ0n) is 8.00. The second-order valence-electron chi connectivity index (χ2n) is 2.91. The van der Waals surface area contributed by atoms with Crippen LogP contribution >= 0.6 is 11.8 Å². The summed E-state index contributed by atoms with van der Waals surface area (Å²) in [6.07, 6.45) is 5.68. The summed E-state index contributed by atoms with van der Waals surface area (Å²) >= 11 is 1.75. The number of hydrogen-bond acceptors (Lipinski definition) is 2. The Morgan fingerprint density at radius 3 is 2.83 bits per heavy atom. The highest BCUT2D eigenvalue weighted by Gasteiger charge is 2.02. The zero-order chi connectivity index (χ0) is 8.97. The van der Waals surface area contributed by atoms with Gasteiger partial charge >= 0.3 is 0 Å². The number of unbranched alkanes of at least 4 members (excludes halogenated alkanes) is 1. The van der Waals surface area contributed by atoms with Crippen LogP contribution in [-0.2, 0) is 13.5 Å². The maximum absolute atomic E-state index is 4.41. The van der Waals surface area contributed by atoms with E-state index in [1.54, 1.807) is 11.8 Å². The van der Waals surface area contributed by atoms with Gasteiger partial charge in [0.15, 0.2) is 0 Å². The van der Waals surface area contributed by atoms with Gasteiger partial charge in [0, 0.05) is 7.05 Å². The van der Waals surface area contributed by atoms with Crippen LogP contribution in [0.2, 0.25) is 0 Å². The van der Waals surface area contributed by atoms with E-state index in [-0.39, 0.29) is 0 Å². The van der Waals surface area contributed by atoms with Crippen LogP contribution in [0.4, 0.5) is 0 Å². The summed E-state index contributed by atoms with van der Waals surface area (Å²) < 4.78 is 1.95. The molecule has 0 aliphatic heterocycles. The molecule has 12 heavy (non-hydrogen) atoms. The van der Waals surface area contributed by atoms with Crippen molar-refractivity contribution in [2.45, 2.75) is 31.2 Å². The van der Waals surface area contributed by atoms with E-state index in [4.69, 9.17) is 0 Å². The molecule has 0 N–H and O–H groups in total. The lowest BCUT2D eigenvalue weighted by atomic mass is 10.2. The Labute approximate surface area is 78.4 Å². The molecule has 0 saturated carbocycles. The van der Waals surface area contributed by atoms with Crippen LogP contribution < -0.4 is 0 Å². The molecule has 1 aromatic heterocycles. The minimum atomic E-state index is 1.12. The lowest BCUT2D eigenvalue weighted by Gasteiger charge is -1.92.